The normalized spacial score (nSPS) is 10.9. The van der Waals surface area contributed by atoms with Crippen LogP contribution in [0.4, 0.5) is 10.1 Å². The number of fused-ring (bicyclic) bond motifs is 4. The van der Waals surface area contributed by atoms with Crippen molar-refractivity contribution < 1.29 is 27.9 Å². The van der Waals surface area contributed by atoms with Crippen molar-refractivity contribution in [2.75, 3.05) is 5.32 Å². The van der Waals surface area contributed by atoms with Crippen molar-refractivity contribution in [3.63, 3.8) is 0 Å². The molecule has 0 bridgehead atoms. The number of aromatic carboxylic acids is 1. The molecular weight excluding hydrogens is 425 g/mol. The van der Waals surface area contributed by atoms with E-state index in [1.807, 2.05) is 36.4 Å². The Labute approximate surface area is 186 Å². The highest BCUT2D eigenvalue weighted by molar-refractivity contribution is 6.12. The second-order valence-electron chi connectivity index (χ2n) is 7.31. The summed E-state index contributed by atoms with van der Waals surface area (Å²) < 4.78 is 25.3. The van der Waals surface area contributed by atoms with Crippen LogP contribution in [-0.4, -0.2) is 17.0 Å². The number of halogens is 1. The van der Waals surface area contributed by atoms with Crippen LogP contribution in [0.25, 0.3) is 33.1 Å². The van der Waals surface area contributed by atoms with E-state index in [4.69, 9.17) is 8.83 Å². The van der Waals surface area contributed by atoms with Gasteiger partial charge in [-0.3, -0.25) is 4.79 Å². The summed E-state index contributed by atoms with van der Waals surface area (Å²) in [6, 6.07) is 22.4. The second kappa shape index (κ2) is 8.12. The van der Waals surface area contributed by atoms with Crippen LogP contribution in [0.2, 0.25) is 0 Å². The van der Waals surface area contributed by atoms with Gasteiger partial charge in [-0.15, -0.1) is 0 Å². The van der Waals surface area contributed by atoms with Gasteiger partial charge in [0.15, 0.2) is 11.2 Å². The maximum atomic E-state index is 13.2. The summed E-state index contributed by atoms with van der Waals surface area (Å²) in [5, 5.41) is 13.9. The molecule has 6 nitrogen and oxygen atoms in total. The molecule has 0 aliphatic rings. The summed E-state index contributed by atoms with van der Waals surface area (Å²) in [7, 11) is 0. The minimum atomic E-state index is -1.30. The summed E-state index contributed by atoms with van der Waals surface area (Å²) >= 11 is 0. The van der Waals surface area contributed by atoms with Gasteiger partial charge in [0.25, 0.3) is 5.91 Å². The Kier molecular flexibility index (Phi) is 4.99. The Morgan fingerprint density at radius 2 is 1.21 bits per heavy atom. The van der Waals surface area contributed by atoms with E-state index in [9.17, 15) is 19.1 Å². The second-order valence-corrected chi connectivity index (χ2v) is 7.31. The van der Waals surface area contributed by atoms with Crippen molar-refractivity contribution in [3.05, 3.63) is 102 Å². The first-order valence-corrected chi connectivity index (χ1v) is 10.0. The van der Waals surface area contributed by atoms with E-state index < -0.39 is 17.7 Å². The first-order valence-electron chi connectivity index (χ1n) is 10.0. The number of carboxylic acids is 1. The lowest BCUT2D eigenvalue weighted by Gasteiger charge is -2.09. The monoisotopic (exact) mass is 441 g/mol. The number of hydrogen-bond acceptors (Lipinski definition) is 4. The minimum absolute atomic E-state index is 0.125. The molecule has 33 heavy (non-hydrogen) atoms. The summed E-state index contributed by atoms with van der Waals surface area (Å²) in [4.78, 5) is 24.9. The average Bonchev–Trinajstić information content (AvgIpc) is 2.81. The SMILES string of the molecule is O=C(O)c1cc2oc3ccccc3c3ccccc3oc2cc1C(=O)Nc1ccc(F)cc1. The number of benzene rings is 4. The molecule has 0 atom stereocenters. The summed E-state index contributed by atoms with van der Waals surface area (Å²) in [6.45, 7) is 0. The molecule has 0 unspecified atom stereocenters. The highest BCUT2D eigenvalue weighted by Gasteiger charge is 2.20. The number of amides is 1. The molecule has 1 heterocycles. The molecule has 5 aromatic rings. The van der Waals surface area contributed by atoms with E-state index in [0.29, 0.717) is 16.9 Å². The van der Waals surface area contributed by atoms with E-state index in [1.165, 1.54) is 36.4 Å². The quantitative estimate of drug-likeness (QED) is 0.331. The number of carboxylic acid groups (broad SMARTS) is 1. The predicted molar refractivity (Wildman–Crippen MR) is 122 cm³/mol. The third-order valence-corrected chi connectivity index (χ3v) is 5.17. The number of carbonyl (C=O) groups is 2. The Balaban J connectivity index is 1.77. The molecule has 0 fully saturated rings. The Bertz CT molecular complexity index is 1600. The minimum Gasteiger partial charge on any atom is -0.478 e. The number of carbonyl (C=O) groups excluding carboxylic acids is 1. The van der Waals surface area contributed by atoms with Gasteiger partial charge in [0.2, 0.25) is 0 Å². The molecule has 2 N–H and O–H groups in total. The van der Waals surface area contributed by atoms with Gasteiger partial charge in [0.05, 0.1) is 11.1 Å². The fraction of sp³-hybridized carbons (Fsp3) is 0. The van der Waals surface area contributed by atoms with Crippen molar-refractivity contribution in [2.45, 2.75) is 0 Å². The Morgan fingerprint density at radius 1 is 0.697 bits per heavy atom. The predicted octanol–water partition coefficient (Wildman–Crippen LogP) is 6.55. The molecule has 0 aliphatic heterocycles. The molecule has 0 saturated heterocycles. The standard InChI is InChI=1S/C26H16FNO5/c27-15-9-11-16(12-10-15)28-25(29)19-13-23-24(14-20(19)26(30)31)33-22-8-4-2-6-18(22)17-5-1-3-7-21(17)32-23/h1-14H,(H,28,29)(H,30,31). The molecule has 5 rings (SSSR count). The zero-order valence-corrected chi connectivity index (χ0v) is 17.0. The molecule has 0 spiro atoms. The Hall–Kier alpha value is -4.65. The van der Waals surface area contributed by atoms with Crippen LogP contribution in [0.1, 0.15) is 20.7 Å². The van der Waals surface area contributed by atoms with Gasteiger partial charge in [0, 0.05) is 16.5 Å². The lowest BCUT2D eigenvalue weighted by Crippen LogP contribution is -2.16. The first kappa shape index (κ1) is 20.3. The number of para-hydroxylation sites is 2. The van der Waals surface area contributed by atoms with Crippen molar-refractivity contribution >= 4 is 50.7 Å². The van der Waals surface area contributed by atoms with Gasteiger partial charge < -0.3 is 19.3 Å². The van der Waals surface area contributed by atoms with E-state index in [2.05, 4.69) is 5.32 Å². The van der Waals surface area contributed by atoms with Crippen molar-refractivity contribution in [1.29, 1.82) is 0 Å². The molecule has 162 valence electrons. The Morgan fingerprint density at radius 3 is 1.76 bits per heavy atom. The molecular formula is C26H16FNO5. The summed E-state index contributed by atoms with van der Waals surface area (Å²) in [5.74, 6) is -2.44. The maximum Gasteiger partial charge on any atom is 0.336 e. The van der Waals surface area contributed by atoms with Crippen molar-refractivity contribution in [1.82, 2.24) is 0 Å². The van der Waals surface area contributed by atoms with E-state index >= 15 is 0 Å². The van der Waals surface area contributed by atoms with Gasteiger partial charge in [-0.05, 0) is 48.5 Å². The molecule has 1 amide bonds. The summed E-state index contributed by atoms with van der Waals surface area (Å²) in [5.41, 5.74) is 1.33. The van der Waals surface area contributed by atoms with Gasteiger partial charge in [-0.2, -0.15) is 0 Å². The lowest BCUT2D eigenvalue weighted by molar-refractivity contribution is 0.0692. The summed E-state index contributed by atoms with van der Waals surface area (Å²) in [6.07, 6.45) is 0. The van der Waals surface area contributed by atoms with Gasteiger partial charge >= 0.3 is 5.97 Å². The van der Waals surface area contributed by atoms with Crippen molar-refractivity contribution in [2.24, 2.45) is 0 Å². The van der Waals surface area contributed by atoms with Gasteiger partial charge in [0.1, 0.15) is 17.0 Å². The fourth-order valence-corrected chi connectivity index (χ4v) is 3.61. The van der Waals surface area contributed by atoms with Crippen LogP contribution < -0.4 is 5.32 Å². The van der Waals surface area contributed by atoms with E-state index in [0.717, 1.165) is 10.8 Å². The van der Waals surface area contributed by atoms with Crippen LogP contribution >= 0.6 is 0 Å². The van der Waals surface area contributed by atoms with Crippen LogP contribution in [0.15, 0.2) is 93.8 Å². The van der Waals surface area contributed by atoms with Crippen LogP contribution in [0.5, 0.6) is 0 Å². The molecule has 0 radical (unpaired) electrons. The third kappa shape index (κ3) is 3.87. The molecule has 4 aromatic carbocycles. The number of nitrogens with one attached hydrogen (secondary N) is 1. The average molecular weight is 441 g/mol. The van der Waals surface area contributed by atoms with Crippen LogP contribution in [0.3, 0.4) is 0 Å². The van der Waals surface area contributed by atoms with E-state index in [-0.39, 0.29) is 22.3 Å². The van der Waals surface area contributed by atoms with Crippen LogP contribution in [-0.2, 0) is 0 Å². The van der Waals surface area contributed by atoms with E-state index in [1.54, 1.807) is 12.1 Å². The maximum absolute atomic E-state index is 13.2. The number of rotatable bonds is 3. The third-order valence-electron chi connectivity index (χ3n) is 5.17. The number of anilines is 1. The topological polar surface area (TPSA) is 92.7 Å². The smallest absolute Gasteiger partial charge is 0.336 e. The largest absolute Gasteiger partial charge is 0.478 e. The zero-order valence-electron chi connectivity index (χ0n) is 17.0. The highest BCUT2D eigenvalue weighted by Crippen LogP contribution is 2.29. The van der Waals surface area contributed by atoms with Gasteiger partial charge in [-0.25, -0.2) is 9.18 Å². The van der Waals surface area contributed by atoms with Crippen molar-refractivity contribution in [3.8, 4) is 0 Å². The highest BCUT2D eigenvalue weighted by atomic mass is 19.1. The fourth-order valence-electron chi connectivity index (χ4n) is 3.61. The van der Waals surface area contributed by atoms with Crippen LogP contribution in [0, 0.1) is 5.82 Å². The first-order chi connectivity index (χ1) is 16.0. The zero-order chi connectivity index (χ0) is 22.9. The molecule has 7 heteroatoms. The molecule has 1 aromatic heterocycles. The number of hydrogen-bond donors (Lipinski definition) is 2. The molecule has 0 saturated carbocycles. The molecule has 0 aliphatic carbocycles. The van der Waals surface area contributed by atoms with Gasteiger partial charge in [-0.1, -0.05) is 36.4 Å². The lowest BCUT2D eigenvalue weighted by atomic mass is 10.1.